The van der Waals surface area contributed by atoms with E-state index >= 15 is 0 Å². The van der Waals surface area contributed by atoms with E-state index in [1.807, 2.05) is 6.07 Å². The number of hydrogen-bond acceptors (Lipinski definition) is 3. The summed E-state index contributed by atoms with van der Waals surface area (Å²) in [4.78, 5) is 0. The number of nitriles is 2. The summed E-state index contributed by atoms with van der Waals surface area (Å²) in [5, 5.41) is 18.1. The van der Waals surface area contributed by atoms with Crippen LogP contribution in [0.2, 0.25) is 5.02 Å². The summed E-state index contributed by atoms with van der Waals surface area (Å²) >= 11 is 5.90. The molecule has 0 heterocycles. The first kappa shape index (κ1) is 11.8. The molecule has 0 bridgehead atoms. The van der Waals surface area contributed by atoms with Crippen LogP contribution >= 0.6 is 11.6 Å². The topological polar surface area (TPSA) is 56.8 Å². The van der Waals surface area contributed by atoms with Crippen molar-refractivity contribution in [1.82, 2.24) is 0 Å². The number of nitrogens with zero attached hydrogens (tertiary/aromatic N) is 2. The van der Waals surface area contributed by atoms with Crippen molar-refractivity contribution >= 4 is 11.6 Å². The molecule has 1 aromatic rings. The van der Waals surface area contributed by atoms with Gasteiger partial charge in [0.2, 0.25) is 0 Å². The highest BCUT2D eigenvalue weighted by Gasteiger charge is 2.43. The molecule has 0 atom stereocenters. The molecule has 0 amide bonds. The molecule has 1 aliphatic carbocycles. The normalized spacial score (nSPS) is 15.7. The van der Waals surface area contributed by atoms with Crippen LogP contribution in [-0.2, 0) is 0 Å². The number of hydrogen-bond donors (Lipinski definition) is 0. The Hall–Kier alpha value is -1.71. The fourth-order valence-electron chi connectivity index (χ4n) is 1.68. The van der Waals surface area contributed by atoms with Gasteiger partial charge >= 0.3 is 0 Å². The summed E-state index contributed by atoms with van der Waals surface area (Å²) in [5.41, 5.74) is 0.367. The first-order chi connectivity index (χ1) is 8.21. The molecule has 1 aromatic carbocycles. The molecule has 1 saturated carbocycles. The second-order valence-corrected chi connectivity index (χ2v) is 4.76. The Morgan fingerprint density at radius 2 is 2.12 bits per heavy atom. The smallest absolute Gasteiger partial charge is 0.138 e. The van der Waals surface area contributed by atoms with E-state index in [1.165, 1.54) is 0 Å². The molecule has 4 heteroatoms. The molecular weight excluding hydrogens is 236 g/mol. The molecule has 1 aliphatic rings. The predicted molar refractivity (Wildman–Crippen MR) is 63.6 cm³/mol. The van der Waals surface area contributed by atoms with E-state index in [0.717, 1.165) is 12.8 Å². The lowest BCUT2D eigenvalue weighted by Gasteiger charge is -2.14. The lowest BCUT2D eigenvalue weighted by atomic mass is 10.1. The van der Waals surface area contributed by atoms with E-state index in [0.29, 0.717) is 29.4 Å². The Kier molecular flexibility index (Phi) is 3.22. The zero-order valence-electron chi connectivity index (χ0n) is 9.24. The zero-order valence-corrected chi connectivity index (χ0v) is 10.00. The monoisotopic (exact) mass is 246 g/mol. The van der Waals surface area contributed by atoms with Crippen LogP contribution in [0, 0.1) is 28.1 Å². The molecular formula is C13H11ClN2O. The van der Waals surface area contributed by atoms with Gasteiger partial charge in [-0.2, -0.15) is 10.5 Å². The van der Waals surface area contributed by atoms with Gasteiger partial charge in [-0.3, -0.25) is 0 Å². The highest BCUT2D eigenvalue weighted by Crippen LogP contribution is 2.48. The predicted octanol–water partition coefficient (Wildman–Crippen LogP) is 3.28. The molecule has 1 fully saturated rings. The average molecular weight is 247 g/mol. The quantitative estimate of drug-likeness (QED) is 0.819. The summed E-state index contributed by atoms with van der Waals surface area (Å²) in [6, 6.07) is 9.35. The highest BCUT2D eigenvalue weighted by atomic mass is 35.5. The van der Waals surface area contributed by atoms with E-state index in [-0.39, 0.29) is 5.41 Å². The molecule has 0 aromatic heterocycles. The zero-order chi connectivity index (χ0) is 12.3. The first-order valence-corrected chi connectivity index (χ1v) is 5.77. The third kappa shape index (κ3) is 2.52. The molecule has 0 radical (unpaired) electrons. The van der Waals surface area contributed by atoms with Crippen molar-refractivity contribution < 1.29 is 4.74 Å². The number of ether oxygens (including phenoxy) is 1. The van der Waals surface area contributed by atoms with Crippen LogP contribution in [0.25, 0.3) is 0 Å². The SMILES string of the molecule is N#CCC1(COc2cccc(Cl)c2C#N)CC1. The molecule has 17 heavy (non-hydrogen) atoms. The van der Waals surface area contributed by atoms with Crippen LogP contribution in [-0.4, -0.2) is 6.61 Å². The number of rotatable bonds is 4. The maximum atomic E-state index is 8.98. The van der Waals surface area contributed by atoms with E-state index in [9.17, 15) is 0 Å². The van der Waals surface area contributed by atoms with E-state index in [1.54, 1.807) is 18.2 Å². The van der Waals surface area contributed by atoms with Gasteiger partial charge in [-0.25, -0.2) is 0 Å². The van der Waals surface area contributed by atoms with E-state index in [2.05, 4.69) is 6.07 Å². The van der Waals surface area contributed by atoms with Gasteiger partial charge < -0.3 is 4.74 Å². The van der Waals surface area contributed by atoms with Gasteiger partial charge in [0.25, 0.3) is 0 Å². The number of benzene rings is 1. The molecule has 3 nitrogen and oxygen atoms in total. The van der Waals surface area contributed by atoms with Gasteiger partial charge in [-0.15, -0.1) is 0 Å². The van der Waals surface area contributed by atoms with Crippen molar-refractivity contribution in [1.29, 1.82) is 10.5 Å². The molecule has 0 unspecified atom stereocenters. The Labute approximate surface area is 105 Å². The van der Waals surface area contributed by atoms with Crippen LogP contribution in [0.4, 0.5) is 0 Å². The van der Waals surface area contributed by atoms with Crippen molar-refractivity contribution in [2.75, 3.05) is 6.61 Å². The molecule has 0 N–H and O–H groups in total. The lowest BCUT2D eigenvalue weighted by molar-refractivity contribution is 0.236. The van der Waals surface area contributed by atoms with Gasteiger partial charge in [0.05, 0.1) is 17.7 Å². The number of halogens is 1. The Morgan fingerprint density at radius 3 is 2.71 bits per heavy atom. The summed E-state index contributed by atoms with van der Waals surface area (Å²) < 4.78 is 5.63. The standard InChI is InChI=1S/C13H11ClN2O/c14-11-2-1-3-12(10(11)8-16)17-9-13(4-5-13)6-7-15/h1-3H,4-6,9H2. The summed E-state index contributed by atoms with van der Waals surface area (Å²) in [5.74, 6) is 0.504. The van der Waals surface area contributed by atoms with Crippen molar-refractivity contribution in [2.45, 2.75) is 19.3 Å². The average Bonchev–Trinajstić information content (AvgIpc) is 3.07. The van der Waals surface area contributed by atoms with Gasteiger partial charge in [0.1, 0.15) is 17.4 Å². The Bertz CT molecular complexity index is 509. The molecule has 86 valence electrons. The summed E-state index contributed by atoms with van der Waals surface area (Å²) in [6.45, 7) is 0.482. The third-order valence-electron chi connectivity index (χ3n) is 3.03. The minimum Gasteiger partial charge on any atom is -0.492 e. The van der Waals surface area contributed by atoms with Crippen LogP contribution in [0.15, 0.2) is 18.2 Å². The van der Waals surface area contributed by atoms with E-state index < -0.39 is 0 Å². The van der Waals surface area contributed by atoms with Crippen LogP contribution in [0.5, 0.6) is 5.75 Å². The third-order valence-corrected chi connectivity index (χ3v) is 3.35. The lowest BCUT2D eigenvalue weighted by Crippen LogP contribution is -2.13. The summed E-state index contributed by atoms with van der Waals surface area (Å²) in [6.07, 6.45) is 2.54. The van der Waals surface area contributed by atoms with Crippen molar-refractivity contribution in [3.8, 4) is 17.9 Å². The van der Waals surface area contributed by atoms with E-state index in [4.69, 9.17) is 26.9 Å². The van der Waals surface area contributed by atoms with Gasteiger partial charge in [0.15, 0.2) is 0 Å². The second kappa shape index (κ2) is 4.65. The minimum atomic E-state index is 0.00376. The van der Waals surface area contributed by atoms with Gasteiger partial charge in [-0.1, -0.05) is 17.7 Å². The fourth-order valence-corrected chi connectivity index (χ4v) is 1.89. The molecule has 2 rings (SSSR count). The minimum absolute atomic E-state index is 0.00376. The van der Waals surface area contributed by atoms with Crippen LogP contribution in [0.1, 0.15) is 24.8 Å². The molecule has 0 spiro atoms. The van der Waals surface area contributed by atoms with Gasteiger partial charge in [-0.05, 0) is 25.0 Å². The van der Waals surface area contributed by atoms with Gasteiger partial charge in [0, 0.05) is 11.8 Å². The largest absolute Gasteiger partial charge is 0.492 e. The fraction of sp³-hybridized carbons (Fsp3) is 0.385. The maximum Gasteiger partial charge on any atom is 0.138 e. The van der Waals surface area contributed by atoms with Crippen molar-refractivity contribution in [2.24, 2.45) is 5.41 Å². The highest BCUT2D eigenvalue weighted by molar-refractivity contribution is 6.31. The maximum absolute atomic E-state index is 8.98. The Morgan fingerprint density at radius 1 is 1.35 bits per heavy atom. The van der Waals surface area contributed by atoms with Crippen molar-refractivity contribution in [3.63, 3.8) is 0 Å². The van der Waals surface area contributed by atoms with Crippen molar-refractivity contribution in [3.05, 3.63) is 28.8 Å². The molecule has 0 aliphatic heterocycles. The van der Waals surface area contributed by atoms with Crippen LogP contribution in [0.3, 0.4) is 0 Å². The van der Waals surface area contributed by atoms with Crippen LogP contribution < -0.4 is 4.74 Å². The second-order valence-electron chi connectivity index (χ2n) is 4.35. The molecule has 0 saturated heterocycles. The first-order valence-electron chi connectivity index (χ1n) is 5.39. The summed E-state index contributed by atoms with van der Waals surface area (Å²) in [7, 11) is 0. The Balaban J connectivity index is 2.08.